The highest BCUT2D eigenvalue weighted by Gasteiger charge is 2.36. The average Bonchev–Trinajstić information content (AvgIpc) is 3.62. The number of carbonyl (C=O) groups excluding carboxylic acids is 1. The Labute approximate surface area is 268 Å². The molecular weight excluding hydrogens is 590 g/mol. The number of halogens is 1. The van der Waals surface area contributed by atoms with Gasteiger partial charge in [0, 0.05) is 72.5 Å². The number of aromatic nitrogens is 2. The molecule has 3 unspecified atom stereocenters. The fourth-order valence-corrected chi connectivity index (χ4v) is 7.52. The fourth-order valence-electron chi connectivity index (χ4n) is 6.56. The molecule has 230 valence electrons. The summed E-state index contributed by atoms with van der Waals surface area (Å²) in [5.74, 6) is 0.100. The molecule has 0 spiro atoms. The molecule has 7 nitrogen and oxygen atoms in total. The minimum Gasteiger partial charge on any atom is -0.378 e. The zero-order valence-electron chi connectivity index (χ0n) is 26.1. The highest BCUT2D eigenvalue weighted by atomic mass is 35.5. The third-order valence-corrected chi connectivity index (χ3v) is 9.99. The van der Waals surface area contributed by atoms with Crippen LogP contribution in [0.5, 0.6) is 0 Å². The predicted molar refractivity (Wildman–Crippen MR) is 182 cm³/mol. The molecule has 9 heteroatoms. The maximum atomic E-state index is 14.7. The van der Waals surface area contributed by atoms with Crippen LogP contribution in [0, 0.1) is 5.92 Å². The Morgan fingerprint density at radius 2 is 1.86 bits per heavy atom. The normalized spacial score (nSPS) is 21.1. The number of likely N-dealkylation sites (tertiary alicyclic amines) is 1. The molecule has 2 fully saturated rings. The molecule has 0 saturated carbocycles. The van der Waals surface area contributed by atoms with E-state index in [-0.39, 0.29) is 17.4 Å². The molecule has 2 saturated heterocycles. The number of likely N-dealkylation sites (N-methyl/N-ethyl adjacent to an activating group) is 1. The number of fused-ring (bicyclic) bond motifs is 2. The van der Waals surface area contributed by atoms with E-state index in [0.717, 1.165) is 53.9 Å². The first-order chi connectivity index (χ1) is 21.1. The monoisotopic (exact) mass is 629 g/mol. The Hall–Kier alpha value is -3.46. The second-order valence-corrected chi connectivity index (χ2v) is 13.8. The van der Waals surface area contributed by atoms with Crippen LogP contribution in [0.2, 0.25) is 5.02 Å². The van der Waals surface area contributed by atoms with E-state index in [1.165, 1.54) is 11.3 Å². The van der Waals surface area contributed by atoms with Gasteiger partial charge in [0.2, 0.25) is 0 Å². The summed E-state index contributed by atoms with van der Waals surface area (Å²) >= 11 is 7.55. The summed E-state index contributed by atoms with van der Waals surface area (Å²) in [6.07, 6.45) is 10.2. The van der Waals surface area contributed by atoms with Crippen LogP contribution in [0.4, 0.5) is 0 Å². The Morgan fingerprint density at radius 1 is 1.16 bits per heavy atom. The summed E-state index contributed by atoms with van der Waals surface area (Å²) in [6, 6.07) is 9.97. The average molecular weight is 630 g/mol. The molecular formula is C35H40ClN5O2S. The third-order valence-electron chi connectivity index (χ3n) is 8.87. The lowest BCUT2D eigenvalue weighted by Crippen LogP contribution is -2.53. The SMILES string of the molecule is CCC1CC=C(N(C)C)C=C1n1c(C=C(C)C)c(C(=O)N2CC3CCC(C2)N3)cc(-c2nc(-c3ccc(Cl)cc3)cs2)c1=O. The van der Waals surface area contributed by atoms with Crippen LogP contribution < -0.4 is 10.9 Å². The number of rotatable bonds is 7. The summed E-state index contributed by atoms with van der Waals surface area (Å²) in [6.45, 7) is 7.52. The second-order valence-electron chi connectivity index (χ2n) is 12.5. The summed E-state index contributed by atoms with van der Waals surface area (Å²) < 4.78 is 1.82. The first-order valence-corrected chi connectivity index (χ1v) is 16.7. The highest BCUT2D eigenvalue weighted by molar-refractivity contribution is 7.13. The van der Waals surface area contributed by atoms with E-state index in [2.05, 4.69) is 29.3 Å². The van der Waals surface area contributed by atoms with Gasteiger partial charge in [-0.2, -0.15) is 0 Å². The van der Waals surface area contributed by atoms with Gasteiger partial charge in [-0.1, -0.05) is 42.3 Å². The van der Waals surface area contributed by atoms with Crippen molar-refractivity contribution in [2.75, 3.05) is 27.2 Å². The molecule has 0 radical (unpaired) electrons. The van der Waals surface area contributed by atoms with Gasteiger partial charge < -0.3 is 15.1 Å². The number of allylic oxidation sites excluding steroid dienone is 4. The molecule has 2 aromatic heterocycles. The number of hydrogen-bond acceptors (Lipinski definition) is 6. The van der Waals surface area contributed by atoms with Crippen molar-refractivity contribution in [1.82, 2.24) is 24.7 Å². The van der Waals surface area contributed by atoms with Crippen molar-refractivity contribution in [1.29, 1.82) is 0 Å². The Balaban J connectivity index is 1.58. The molecule has 1 aliphatic carbocycles. The highest BCUT2D eigenvalue weighted by Crippen LogP contribution is 2.35. The van der Waals surface area contributed by atoms with E-state index in [0.29, 0.717) is 52.0 Å². The standard InChI is InChI=1S/C35H40ClN5O2S/c1-6-22-9-14-27(39(4)5)16-31(22)41-32(15-21(2)3)28(34(42)40-18-25-12-13-26(19-40)37-25)17-29(35(41)43)33-38-30(20-44-33)23-7-10-24(36)11-8-23/h7-8,10-11,14-17,20,22,25-26,37H,6,9,12-13,18-19H2,1-5H3. The molecule has 1 N–H and O–H groups in total. The number of nitrogens with zero attached hydrogens (tertiary/aromatic N) is 4. The van der Waals surface area contributed by atoms with Gasteiger partial charge in [-0.05, 0) is 69.9 Å². The molecule has 6 rings (SSSR count). The zero-order valence-corrected chi connectivity index (χ0v) is 27.6. The van der Waals surface area contributed by atoms with Gasteiger partial charge in [0.25, 0.3) is 11.5 Å². The fraction of sp³-hybridized carbons (Fsp3) is 0.400. The van der Waals surface area contributed by atoms with Crippen LogP contribution in [-0.2, 0) is 0 Å². The molecule has 3 aromatic rings. The summed E-state index contributed by atoms with van der Waals surface area (Å²) in [5, 5.41) is 6.85. The minimum absolute atomic E-state index is 0.0341. The van der Waals surface area contributed by atoms with Crippen LogP contribution in [0.25, 0.3) is 33.6 Å². The first kappa shape index (κ1) is 30.6. The topological polar surface area (TPSA) is 70.5 Å². The van der Waals surface area contributed by atoms with Crippen molar-refractivity contribution in [3.8, 4) is 21.8 Å². The van der Waals surface area contributed by atoms with Gasteiger partial charge in [0.15, 0.2) is 0 Å². The molecule has 1 aromatic carbocycles. The molecule has 4 heterocycles. The lowest BCUT2D eigenvalue weighted by atomic mass is 9.91. The number of thiazole rings is 1. The summed E-state index contributed by atoms with van der Waals surface area (Å²) in [4.78, 5) is 38.2. The predicted octanol–water partition coefficient (Wildman–Crippen LogP) is 7.01. The lowest BCUT2D eigenvalue weighted by Gasteiger charge is -2.34. The molecule has 2 bridgehead atoms. The van der Waals surface area contributed by atoms with Crippen molar-refractivity contribution in [2.24, 2.45) is 5.92 Å². The quantitative estimate of drug-likeness (QED) is 0.305. The molecule has 2 aliphatic heterocycles. The Bertz CT molecular complexity index is 1720. The van der Waals surface area contributed by atoms with Crippen LogP contribution in [0.15, 0.2) is 63.9 Å². The van der Waals surface area contributed by atoms with Gasteiger partial charge in [-0.3, -0.25) is 14.2 Å². The number of piperazine rings is 1. The largest absolute Gasteiger partial charge is 0.378 e. The van der Waals surface area contributed by atoms with Gasteiger partial charge in [0.05, 0.1) is 22.5 Å². The number of pyridine rings is 1. The number of hydrogen-bond donors (Lipinski definition) is 1. The minimum atomic E-state index is -0.156. The number of carbonyl (C=O) groups is 1. The maximum absolute atomic E-state index is 14.7. The van der Waals surface area contributed by atoms with Crippen LogP contribution in [0.1, 0.15) is 62.5 Å². The van der Waals surface area contributed by atoms with E-state index >= 15 is 0 Å². The molecule has 44 heavy (non-hydrogen) atoms. The van der Waals surface area contributed by atoms with Crippen molar-refractivity contribution < 1.29 is 4.79 Å². The van der Waals surface area contributed by atoms with Crippen LogP contribution >= 0.6 is 22.9 Å². The van der Waals surface area contributed by atoms with Gasteiger partial charge >= 0.3 is 0 Å². The van der Waals surface area contributed by atoms with Crippen molar-refractivity contribution in [3.63, 3.8) is 0 Å². The van der Waals surface area contributed by atoms with Crippen molar-refractivity contribution >= 4 is 40.6 Å². The van der Waals surface area contributed by atoms with E-state index in [1.807, 2.05) is 73.1 Å². The van der Waals surface area contributed by atoms with Crippen LogP contribution in [-0.4, -0.2) is 64.5 Å². The molecule has 1 amide bonds. The summed E-state index contributed by atoms with van der Waals surface area (Å²) in [7, 11) is 4.04. The van der Waals surface area contributed by atoms with Crippen molar-refractivity contribution in [3.05, 3.63) is 85.8 Å². The Morgan fingerprint density at radius 3 is 2.50 bits per heavy atom. The zero-order chi connectivity index (χ0) is 31.1. The van der Waals surface area contributed by atoms with Gasteiger partial charge in [-0.25, -0.2) is 4.98 Å². The smallest absolute Gasteiger partial charge is 0.265 e. The number of amides is 1. The first-order valence-electron chi connectivity index (χ1n) is 15.4. The van der Waals surface area contributed by atoms with E-state index in [1.54, 1.807) is 6.07 Å². The molecule has 3 atom stereocenters. The van der Waals surface area contributed by atoms with Crippen molar-refractivity contribution in [2.45, 2.75) is 58.5 Å². The Kier molecular flexibility index (Phi) is 8.68. The van der Waals surface area contributed by atoms with Gasteiger partial charge in [0.1, 0.15) is 5.01 Å². The van der Waals surface area contributed by atoms with Crippen LogP contribution in [0.3, 0.4) is 0 Å². The van der Waals surface area contributed by atoms with E-state index in [9.17, 15) is 9.59 Å². The van der Waals surface area contributed by atoms with Gasteiger partial charge in [-0.15, -0.1) is 11.3 Å². The van der Waals surface area contributed by atoms with E-state index in [4.69, 9.17) is 16.6 Å². The van der Waals surface area contributed by atoms with E-state index < -0.39 is 0 Å². The third kappa shape index (κ3) is 5.95. The summed E-state index contributed by atoms with van der Waals surface area (Å²) in [5.41, 5.74) is 6.16. The second kappa shape index (κ2) is 12.5. The number of nitrogens with one attached hydrogen (secondary N) is 1. The number of benzene rings is 1. The lowest BCUT2D eigenvalue weighted by molar-refractivity contribution is 0.0696. The molecule has 3 aliphatic rings. The maximum Gasteiger partial charge on any atom is 0.265 e.